The molecule has 0 aliphatic heterocycles. The maximum atomic E-state index is 6.30. The predicted molar refractivity (Wildman–Crippen MR) is 64.0 cm³/mol. The first-order valence-electron chi connectivity index (χ1n) is 5.20. The van der Waals surface area contributed by atoms with Crippen molar-refractivity contribution in [2.24, 2.45) is 0 Å². The minimum Gasteiger partial charge on any atom is -0.494 e. The van der Waals surface area contributed by atoms with Crippen molar-refractivity contribution in [3.05, 3.63) is 54.0 Å². The van der Waals surface area contributed by atoms with Gasteiger partial charge in [0.2, 0.25) is 0 Å². The molecule has 0 bridgehead atoms. The zero-order chi connectivity index (χ0) is 11.4. The van der Waals surface area contributed by atoms with Gasteiger partial charge in [0.25, 0.3) is 0 Å². The van der Waals surface area contributed by atoms with Gasteiger partial charge in [-0.05, 0) is 30.7 Å². The van der Waals surface area contributed by atoms with E-state index < -0.39 is 0 Å². The molecule has 3 heteroatoms. The molecule has 0 aliphatic carbocycles. The molecular formula is C13H13ClO2. The summed E-state index contributed by atoms with van der Waals surface area (Å²) in [5.41, 5.74) is 2.00. The van der Waals surface area contributed by atoms with Crippen LogP contribution in [0.1, 0.15) is 23.4 Å². The Kier molecular flexibility index (Phi) is 3.52. The van der Waals surface area contributed by atoms with Crippen molar-refractivity contribution in [2.75, 3.05) is 6.61 Å². The molecule has 1 aromatic carbocycles. The topological polar surface area (TPSA) is 22.4 Å². The van der Waals surface area contributed by atoms with Crippen LogP contribution in [0.2, 0.25) is 0 Å². The Hall–Kier alpha value is -1.41. The first kappa shape index (κ1) is 11.1. The fraction of sp³-hybridized carbons (Fsp3) is 0.231. The van der Waals surface area contributed by atoms with Gasteiger partial charge in [-0.15, -0.1) is 11.6 Å². The minimum atomic E-state index is -0.172. The molecule has 1 aromatic heterocycles. The number of halogens is 1. The second-order valence-corrected chi connectivity index (χ2v) is 3.86. The van der Waals surface area contributed by atoms with Crippen LogP contribution >= 0.6 is 11.6 Å². The van der Waals surface area contributed by atoms with Gasteiger partial charge in [-0.1, -0.05) is 12.1 Å². The summed E-state index contributed by atoms with van der Waals surface area (Å²) in [6.45, 7) is 2.63. The van der Waals surface area contributed by atoms with Gasteiger partial charge in [0.15, 0.2) is 0 Å². The Balaban J connectivity index is 2.15. The molecule has 0 spiro atoms. The van der Waals surface area contributed by atoms with Crippen LogP contribution < -0.4 is 4.74 Å². The quantitative estimate of drug-likeness (QED) is 0.749. The van der Waals surface area contributed by atoms with Crippen LogP contribution in [0.25, 0.3) is 0 Å². The maximum Gasteiger partial charge on any atom is 0.119 e. The smallest absolute Gasteiger partial charge is 0.119 e. The molecule has 0 radical (unpaired) electrons. The number of ether oxygens (including phenoxy) is 1. The van der Waals surface area contributed by atoms with E-state index in [9.17, 15) is 0 Å². The zero-order valence-corrected chi connectivity index (χ0v) is 9.78. The SMILES string of the molecule is CCOc1ccc(C(Cl)c2ccoc2)cc1. The zero-order valence-electron chi connectivity index (χ0n) is 9.02. The normalized spacial score (nSPS) is 12.4. The van der Waals surface area contributed by atoms with E-state index >= 15 is 0 Å². The summed E-state index contributed by atoms with van der Waals surface area (Å²) in [6, 6.07) is 9.65. The van der Waals surface area contributed by atoms with Crippen LogP contribution in [0.4, 0.5) is 0 Å². The van der Waals surface area contributed by atoms with Crippen LogP contribution in [-0.4, -0.2) is 6.61 Å². The van der Waals surface area contributed by atoms with Crippen molar-refractivity contribution in [3.63, 3.8) is 0 Å². The lowest BCUT2D eigenvalue weighted by Crippen LogP contribution is -1.93. The predicted octanol–water partition coefficient (Wildman–Crippen LogP) is 4.01. The van der Waals surface area contributed by atoms with Crippen molar-refractivity contribution in [2.45, 2.75) is 12.3 Å². The summed E-state index contributed by atoms with van der Waals surface area (Å²) in [6.07, 6.45) is 3.29. The van der Waals surface area contributed by atoms with Crippen LogP contribution in [-0.2, 0) is 0 Å². The Labute approximate surface area is 99.8 Å². The van der Waals surface area contributed by atoms with Crippen LogP contribution in [0, 0.1) is 0 Å². The fourth-order valence-corrected chi connectivity index (χ4v) is 1.78. The molecule has 0 aliphatic rings. The molecule has 1 heterocycles. The highest BCUT2D eigenvalue weighted by atomic mass is 35.5. The van der Waals surface area contributed by atoms with Gasteiger partial charge in [-0.2, -0.15) is 0 Å². The third-order valence-electron chi connectivity index (χ3n) is 2.32. The monoisotopic (exact) mass is 236 g/mol. The van der Waals surface area contributed by atoms with E-state index in [1.807, 2.05) is 37.3 Å². The summed E-state index contributed by atoms with van der Waals surface area (Å²) in [5, 5.41) is -0.172. The Bertz CT molecular complexity index is 420. The van der Waals surface area contributed by atoms with Crippen LogP contribution in [0.15, 0.2) is 47.3 Å². The van der Waals surface area contributed by atoms with Gasteiger partial charge in [-0.3, -0.25) is 0 Å². The lowest BCUT2D eigenvalue weighted by atomic mass is 10.1. The van der Waals surface area contributed by atoms with Crippen LogP contribution in [0.3, 0.4) is 0 Å². The van der Waals surface area contributed by atoms with Gasteiger partial charge < -0.3 is 9.15 Å². The molecule has 0 fully saturated rings. The Morgan fingerprint density at radius 1 is 1.19 bits per heavy atom. The molecule has 0 amide bonds. The Morgan fingerprint density at radius 2 is 1.94 bits per heavy atom. The first-order chi connectivity index (χ1) is 7.81. The van der Waals surface area contributed by atoms with Crippen molar-refractivity contribution < 1.29 is 9.15 Å². The lowest BCUT2D eigenvalue weighted by molar-refractivity contribution is 0.340. The fourth-order valence-electron chi connectivity index (χ4n) is 1.51. The van der Waals surface area contributed by atoms with Gasteiger partial charge in [0.1, 0.15) is 5.75 Å². The first-order valence-corrected chi connectivity index (χ1v) is 5.64. The number of benzene rings is 1. The number of rotatable bonds is 4. The summed E-state index contributed by atoms with van der Waals surface area (Å²) < 4.78 is 10.4. The van der Waals surface area contributed by atoms with E-state index in [4.69, 9.17) is 20.8 Å². The number of hydrogen-bond donors (Lipinski definition) is 0. The molecule has 1 atom stereocenters. The number of hydrogen-bond acceptors (Lipinski definition) is 2. The minimum absolute atomic E-state index is 0.172. The van der Waals surface area contributed by atoms with E-state index in [1.165, 1.54) is 0 Å². The summed E-state index contributed by atoms with van der Waals surface area (Å²) in [4.78, 5) is 0. The molecule has 2 aromatic rings. The highest BCUT2D eigenvalue weighted by molar-refractivity contribution is 6.22. The van der Waals surface area contributed by atoms with E-state index in [2.05, 4.69) is 0 Å². The molecule has 1 unspecified atom stereocenters. The van der Waals surface area contributed by atoms with Gasteiger partial charge in [-0.25, -0.2) is 0 Å². The number of alkyl halides is 1. The van der Waals surface area contributed by atoms with Crippen molar-refractivity contribution in [1.29, 1.82) is 0 Å². The average Bonchev–Trinajstić information content (AvgIpc) is 2.83. The lowest BCUT2D eigenvalue weighted by Gasteiger charge is -2.08. The third-order valence-corrected chi connectivity index (χ3v) is 2.82. The van der Waals surface area contributed by atoms with Crippen LogP contribution in [0.5, 0.6) is 5.75 Å². The molecule has 0 saturated carbocycles. The summed E-state index contributed by atoms with van der Waals surface area (Å²) >= 11 is 6.30. The van der Waals surface area contributed by atoms with E-state index in [0.29, 0.717) is 6.61 Å². The van der Waals surface area contributed by atoms with E-state index in [-0.39, 0.29) is 5.38 Å². The van der Waals surface area contributed by atoms with Gasteiger partial charge in [0, 0.05) is 5.56 Å². The molecule has 2 nitrogen and oxygen atoms in total. The molecule has 16 heavy (non-hydrogen) atoms. The van der Waals surface area contributed by atoms with E-state index in [1.54, 1.807) is 12.5 Å². The van der Waals surface area contributed by atoms with Crippen molar-refractivity contribution in [3.8, 4) is 5.75 Å². The maximum absolute atomic E-state index is 6.30. The highest BCUT2D eigenvalue weighted by Crippen LogP contribution is 2.29. The number of furan rings is 1. The van der Waals surface area contributed by atoms with E-state index in [0.717, 1.165) is 16.9 Å². The molecule has 2 rings (SSSR count). The second kappa shape index (κ2) is 5.08. The standard InChI is InChI=1S/C13H13ClO2/c1-2-16-12-5-3-10(4-6-12)13(14)11-7-8-15-9-11/h3-9,13H,2H2,1H3. The Morgan fingerprint density at radius 3 is 2.50 bits per heavy atom. The van der Waals surface area contributed by atoms with Gasteiger partial charge in [0.05, 0.1) is 24.5 Å². The van der Waals surface area contributed by atoms with Crippen molar-refractivity contribution in [1.82, 2.24) is 0 Å². The largest absolute Gasteiger partial charge is 0.494 e. The molecule has 84 valence electrons. The average molecular weight is 237 g/mol. The van der Waals surface area contributed by atoms with Gasteiger partial charge >= 0.3 is 0 Å². The summed E-state index contributed by atoms with van der Waals surface area (Å²) in [5.74, 6) is 0.863. The van der Waals surface area contributed by atoms with Crippen molar-refractivity contribution >= 4 is 11.6 Å². The highest BCUT2D eigenvalue weighted by Gasteiger charge is 2.11. The molecule has 0 N–H and O–H groups in total. The third kappa shape index (κ3) is 2.39. The molecule has 0 saturated heterocycles. The molecular weight excluding hydrogens is 224 g/mol. The second-order valence-electron chi connectivity index (χ2n) is 3.42. The summed E-state index contributed by atoms with van der Waals surface area (Å²) in [7, 11) is 0.